The van der Waals surface area contributed by atoms with Gasteiger partial charge in [-0.15, -0.1) is 11.3 Å². The van der Waals surface area contributed by atoms with E-state index in [0.29, 0.717) is 11.3 Å². The highest BCUT2D eigenvalue weighted by molar-refractivity contribution is 7.11. The molecule has 1 unspecified atom stereocenters. The fraction of sp³-hybridized carbons (Fsp3) is 0.615. The predicted molar refractivity (Wildman–Crippen MR) is 74.6 cm³/mol. The van der Waals surface area contributed by atoms with E-state index in [2.05, 4.69) is 10.3 Å². The van der Waals surface area contributed by atoms with Crippen LogP contribution in [0.4, 0.5) is 0 Å². The number of hydrogen-bond acceptors (Lipinski definition) is 4. The Balaban J connectivity index is 2.69. The van der Waals surface area contributed by atoms with Gasteiger partial charge in [-0.3, -0.25) is 9.59 Å². The number of amides is 1. The van der Waals surface area contributed by atoms with E-state index >= 15 is 0 Å². The Kier molecular flexibility index (Phi) is 5.05. The molecule has 1 atom stereocenters. The number of rotatable bonds is 5. The molecule has 0 aromatic carbocycles. The Hall–Kier alpha value is -1.43. The van der Waals surface area contributed by atoms with Gasteiger partial charge in [-0.2, -0.15) is 0 Å². The molecule has 1 heterocycles. The minimum absolute atomic E-state index is 0.0519. The second kappa shape index (κ2) is 6.14. The van der Waals surface area contributed by atoms with Crippen molar-refractivity contribution < 1.29 is 14.7 Å². The van der Waals surface area contributed by atoms with Crippen molar-refractivity contribution in [3.63, 3.8) is 0 Å². The molecule has 1 aromatic heterocycles. The van der Waals surface area contributed by atoms with Crippen LogP contribution >= 0.6 is 11.3 Å². The lowest BCUT2D eigenvalue weighted by Gasteiger charge is -2.18. The Morgan fingerprint density at radius 3 is 2.63 bits per heavy atom. The van der Waals surface area contributed by atoms with Crippen LogP contribution in [0.5, 0.6) is 0 Å². The third-order valence-corrected chi connectivity index (χ3v) is 3.48. The third kappa shape index (κ3) is 4.63. The Morgan fingerprint density at radius 2 is 2.11 bits per heavy atom. The summed E-state index contributed by atoms with van der Waals surface area (Å²) in [5.74, 6) is -1.03. The average molecular weight is 284 g/mol. The molecule has 1 aromatic rings. The molecule has 5 nitrogen and oxygen atoms in total. The van der Waals surface area contributed by atoms with E-state index in [9.17, 15) is 9.59 Å². The standard InChI is InChI=1S/C13H20N2O3S/c1-8(5-6-9(16)17)15-12(18)10-11(13(2,3)4)14-7-19-10/h7-8H,5-6H2,1-4H3,(H,15,18)(H,16,17). The van der Waals surface area contributed by atoms with Crippen LogP contribution in [0.1, 0.15) is 55.9 Å². The monoisotopic (exact) mass is 284 g/mol. The number of hydrogen-bond donors (Lipinski definition) is 2. The van der Waals surface area contributed by atoms with Gasteiger partial charge in [0.1, 0.15) is 4.88 Å². The first-order chi connectivity index (χ1) is 8.71. The summed E-state index contributed by atoms with van der Waals surface area (Å²) in [6.45, 7) is 7.82. The smallest absolute Gasteiger partial charge is 0.303 e. The van der Waals surface area contributed by atoms with Crippen molar-refractivity contribution in [1.82, 2.24) is 10.3 Å². The van der Waals surface area contributed by atoms with E-state index in [1.165, 1.54) is 11.3 Å². The van der Waals surface area contributed by atoms with Crippen LogP contribution in [-0.4, -0.2) is 28.0 Å². The molecular formula is C13H20N2O3S. The Labute approximate surface area is 117 Å². The number of carboxylic acids is 1. The van der Waals surface area contributed by atoms with Gasteiger partial charge >= 0.3 is 5.97 Å². The summed E-state index contributed by atoms with van der Waals surface area (Å²) in [6.07, 6.45) is 0.473. The van der Waals surface area contributed by atoms with Crippen LogP contribution in [0.3, 0.4) is 0 Å². The molecule has 0 aliphatic carbocycles. The quantitative estimate of drug-likeness (QED) is 0.870. The van der Waals surface area contributed by atoms with Crippen molar-refractivity contribution in [2.75, 3.05) is 0 Å². The van der Waals surface area contributed by atoms with Crippen LogP contribution in [0.2, 0.25) is 0 Å². The highest BCUT2D eigenvalue weighted by atomic mass is 32.1. The predicted octanol–water partition coefficient (Wildman–Crippen LogP) is 2.42. The van der Waals surface area contributed by atoms with Gasteiger partial charge in [-0.25, -0.2) is 4.98 Å². The Bertz CT molecular complexity index is 463. The molecule has 0 spiro atoms. The normalized spacial score (nSPS) is 13.1. The summed E-state index contributed by atoms with van der Waals surface area (Å²) >= 11 is 1.31. The van der Waals surface area contributed by atoms with Crippen LogP contribution in [0, 0.1) is 0 Å². The number of aromatic nitrogens is 1. The first-order valence-electron chi connectivity index (χ1n) is 6.18. The van der Waals surface area contributed by atoms with E-state index in [4.69, 9.17) is 5.11 Å². The number of carbonyl (C=O) groups excluding carboxylic acids is 1. The molecule has 0 saturated heterocycles. The van der Waals surface area contributed by atoms with Crippen LogP contribution < -0.4 is 5.32 Å². The zero-order valence-electron chi connectivity index (χ0n) is 11.7. The van der Waals surface area contributed by atoms with E-state index in [1.807, 2.05) is 20.8 Å². The van der Waals surface area contributed by atoms with Gasteiger partial charge in [-0.1, -0.05) is 20.8 Å². The minimum atomic E-state index is -0.853. The maximum absolute atomic E-state index is 12.1. The van der Waals surface area contributed by atoms with E-state index in [-0.39, 0.29) is 23.8 Å². The lowest BCUT2D eigenvalue weighted by molar-refractivity contribution is -0.137. The zero-order valence-corrected chi connectivity index (χ0v) is 12.5. The van der Waals surface area contributed by atoms with Gasteiger partial charge in [0.15, 0.2) is 0 Å². The lowest BCUT2D eigenvalue weighted by atomic mass is 9.91. The van der Waals surface area contributed by atoms with E-state index < -0.39 is 5.97 Å². The summed E-state index contributed by atoms with van der Waals surface area (Å²) < 4.78 is 0. The van der Waals surface area contributed by atoms with Gasteiger partial charge in [-0.05, 0) is 13.3 Å². The second-order valence-electron chi connectivity index (χ2n) is 5.59. The zero-order chi connectivity index (χ0) is 14.6. The van der Waals surface area contributed by atoms with Crippen molar-refractivity contribution >= 4 is 23.2 Å². The summed E-state index contributed by atoms with van der Waals surface area (Å²) in [5.41, 5.74) is 2.26. The first kappa shape index (κ1) is 15.6. The molecule has 106 valence electrons. The molecule has 1 amide bonds. The molecule has 0 bridgehead atoms. The molecule has 0 saturated carbocycles. The highest BCUT2D eigenvalue weighted by Gasteiger charge is 2.25. The summed E-state index contributed by atoms with van der Waals surface area (Å²) in [6, 6.07) is -0.168. The molecule has 6 heteroatoms. The third-order valence-electron chi connectivity index (χ3n) is 2.65. The van der Waals surface area contributed by atoms with Crippen LogP contribution in [-0.2, 0) is 10.2 Å². The SMILES string of the molecule is CC(CCC(=O)O)NC(=O)c1scnc1C(C)(C)C. The lowest BCUT2D eigenvalue weighted by Crippen LogP contribution is -2.34. The highest BCUT2D eigenvalue weighted by Crippen LogP contribution is 2.27. The van der Waals surface area contributed by atoms with Crippen molar-refractivity contribution in [2.24, 2.45) is 0 Å². The van der Waals surface area contributed by atoms with Crippen LogP contribution in [0.15, 0.2) is 5.51 Å². The second-order valence-corrected chi connectivity index (χ2v) is 6.44. The largest absolute Gasteiger partial charge is 0.481 e. The number of carbonyl (C=O) groups is 2. The van der Waals surface area contributed by atoms with Gasteiger partial charge in [0, 0.05) is 17.9 Å². The maximum atomic E-state index is 12.1. The molecule has 0 aliphatic heterocycles. The number of aliphatic carboxylic acids is 1. The van der Waals surface area contributed by atoms with Crippen LogP contribution in [0.25, 0.3) is 0 Å². The maximum Gasteiger partial charge on any atom is 0.303 e. The molecule has 1 rings (SSSR count). The molecular weight excluding hydrogens is 264 g/mol. The molecule has 2 N–H and O–H groups in total. The van der Waals surface area contributed by atoms with Gasteiger partial charge in [0.25, 0.3) is 5.91 Å². The van der Waals surface area contributed by atoms with Gasteiger partial charge in [0.05, 0.1) is 11.2 Å². The van der Waals surface area contributed by atoms with E-state index in [1.54, 1.807) is 12.4 Å². The fourth-order valence-electron chi connectivity index (χ4n) is 1.64. The van der Waals surface area contributed by atoms with Crippen molar-refractivity contribution in [3.8, 4) is 0 Å². The molecule has 0 fully saturated rings. The number of nitrogens with one attached hydrogen (secondary N) is 1. The number of carboxylic acid groups (broad SMARTS) is 1. The topological polar surface area (TPSA) is 79.3 Å². The van der Waals surface area contributed by atoms with Crippen molar-refractivity contribution in [2.45, 2.75) is 52.0 Å². The molecule has 19 heavy (non-hydrogen) atoms. The Morgan fingerprint density at radius 1 is 1.47 bits per heavy atom. The summed E-state index contributed by atoms with van der Waals surface area (Å²) in [5, 5.41) is 11.4. The van der Waals surface area contributed by atoms with Crippen molar-refractivity contribution in [3.05, 3.63) is 16.1 Å². The summed E-state index contributed by atoms with van der Waals surface area (Å²) in [4.78, 5) is 27.5. The fourth-order valence-corrected chi connectivity index (χ4v) is 2.54. The summed E-state index contributed by atoms with van der Waals surface area (Å²) in [7, 11) is 0. The minimum Gasteiger partial charge on any atom is -0.481 e. The first-order valence-corrected chi connectivity index (χ1v) is 7.06. The molecule has 0 radical (unpaired) electrons. The van der Waals surface area contributed by atoms with E-state index in [0.717, 1.165) is 5.69 Å². The van der Waals surface area contributed by atoms with Gasteiger partial charge < -0.3 is 10.4 Å². The number of thiazole rings is 1. The number of nitrogens with zero attached hydrogens (tertiary/aromatic N) is 1. The van der Waals surface area contributed by atoms with Crippen molar-refractivity contribution in [1.29, 1.82) is 0 Å². The van der Waals surface area contributed by atoms with Gasteiger partial charge in [0.2, 0.25) is 0 Å². The average Bonchev–Trinajstić information content (AvgIpc) is 2.74. The molecule has 0 aliphatic rings.